The van der Waals surface area contributed by atoms with Crippen LogP contribution < -0.4 is 0 Å². The minimum absolute atomic E-state index is 0.340. The van der Waals surface area contributed by atoms with Crippen LogP contribution in [-0.4, -0.2) is 23.6 Å². The Kier molecular flexibility index (Phi) is 3.32. The molecule has 1 unspecified atom stereocenters. The van der Waals surface area contributed by atoms with E-state index >= 15 is 0 Å². The van der Waals surface area contributed by atoms with E-state index in [2.05, 4.69) is 0 Å². The van der Waals surface area contributed by atoms with Crippen LogP contribution in [0.2, 0.25) is 0 Å². The van der Waals surface area contributed by atoms with Crippen LogP contribution in [0.15, 0.2) is 29.2 Å². The molecule has 1 saturated heterocycles. The van der Waals surface area contributed by atoms with Crippen molar-refractivity contribution in [3.05, 3.63) is 24.3 Å². The molecule has 1 atom stereocenters. The molecule has 0 spiro atoms. The Morgan fingerprint density at radius 2 is 2.36 bits per heavy atom. The second kappa shape index (κ2) is 4.71. The lowest BCUT2D eigenvalue weighted by molar-refractivity contribution is 0.101. The highest BCUT2D eigenvalue weighted by Gasteiger charge is 2.14. The number of aromatic hydroxyl groups is 1. The van der Waals surface area contributed by atoms with Crippen LogP contribution in [0.5, 0.6) is 5.75 Å². The van der Waals surface area contributed by atoms with E-state index in [0.29, 0.717) is 11.0 Å². The first kappa shape index (κ1) is 9.87. The van der Waals surface area contributed by atoms with Gasteiger partial charge >= 0.3 is 0 Å². The first-order valence-electron chi connectivity index (χ1n) is 4.88. The topological polar surface area (TPSA) is 29.5 Å². The average molecular weight is 210 g/mol. The highest BCUT2D eigenvalue weighted by molar-refractivity contribution is 8.00. The molecule has 0 radical (unpaired) electrons. The summed E-state index contributed by atoms with van der Waals surface area (Å²) >= 11 is 1.79. The largest absolute Gasteiger partial charge is 0.508 e. The van der Waals surface area contributed by atoms with Crippen LogP contribution in [0.1, 0.15) is 12.8 Å². The fourth-order valence-electron chi connectivity index (χ4n) is 1.55. The molecule has 1 aromatic rings. The minimum atomic E-state index is 0.340. The van der Waals surface area contributed by atoms with Crippen LogP contribution in [0.25, 0.3) is 0 Å². The molecule has 2 rings (SSSR count). The third-order valence-corrected chi connectivity index (χ3v) is 3.47. The number of hydrogen-bond acceptors (Lipinski definition) is 3. The Labute approximate surface area is 88.3 Å². The van der Waals surface area contributed by atoms with Gasteiger partial charge in [0.1, 0.15) is 5.75 Å². The zero-order valence-electron chi connectivity index (χ0n) is 7.98. The zero-order chi connectivity index (χ0) is 9.80. The van der Waals surface area contributed by atoms with Crippen molar-refractivity contribution < 1.29 is 9.84 Å². The van der Waals surface area contributed by atoms with Gasteiger partial charge in [-0.25, -0.2) is 0 Å². The number of phenols is 1. The van der Waals surface area contributed by atoms with Crippen LogP contribution in [0.4, 0.5) is 0 Å². The number of benzene rings is 1. The quantitative estimate of drug-likeness (QED) is 0.813. The first-order valence-corrected chi connectivity index (χ1v) is 5.76. The maximum absolute atomic E-state index is 9.30. The number of rotatable bonds is 2. The van der Waals surface area contributed by atoms with E-state index in [0.717, 1.165) is 24.5 Å². The van der Waals surface area contributed by atoms with Crippen molar-refractivity contribution in [2.45, 2.75) is 23.0 Å². The van der Waals surface area contributed by atoms with Gasteiger partial charge in [0.25, 0.3) is 0 Å². The third-order valence-electron chi connectivity index (χ3n) is 2.24. The maximum atomic E-state index is 9.30. The molecule has 14 heavy (non-hydrogen) atoms. The molecule has 0 amide bonds. The fraction of sp³-hybridized carbons (Fsp3) is 0.455. The predicted octanol–water partition coefficient (Wildman–Crippen LogP) is 2.66. The number of thioether (sulfide) groups is 1. The van der Waals surface area contributed by atoms with Crippen molar-refractivity contribution in [3.8, 4) is 5.75 Å². The Balaban J connectivity index is 1.95. The van der Waals surface area contributed by atoms with Gasteiger partial charge in [-0.1, -0.05) is 6.07 Å². The summed E-state index contributed by atoms with van der Waals surface area (Å²) in [7, 11) is 0. The predicted molar refractivity (Wildman–Crippen MR) is 57.8 cm³/mol. The Hall–Kier alpha value is -0.670. The lowest BCUT2D eigenvalue weighted by Crippen LogP contribution is -2.18. The molecule has 3 heteroatoms. The van der Waals surface area contributed by atoms with E-state index < -0.39 is 0 Å². The maximum Gasteiger partial charge on any atom is 0.116 e. The van der Waals surface area contributed by atoms with Crippen molar-refractivity contribution in [3.63, 3.8) is 0 Å². The zero-order valence-corrected chi connectivity index (χ0v) is 8.80. The number of phenolic OH excluding ortho intramolecular Hbond substituents is 1. The molecule has 1 aliphatic rings. The normalized spacial score (nSPS) is 22.1. The summed E-state index contributed by atoms with van der Waals surface area (Å²) < 4.78 is 5.40. The average Bonchev–Trinajstić information content (AvgIpc) is 2.19. The highest BCUT2D eigenvalue weighted by atomic mass is 32.2. The van der Waals surface area contributed by atoms with E-state index in [9.17, 15) is 5.11 Å². The van der Waals surface area contributed by atoms with E-state index in [1.807, 2.05) is 12.1 Å². The molecule has 2 nitrogen and oxygen atoms in total. The van der Waals surface area contributed by atoms with Crippen LogP contribution in [0.3, 0.4) is 0 Å². The van der Waals surface area contributed by atoms with E-state index in [-0.39, 0.29) is 0 Å². The number of ether oxygens (including phenoxy) is 1. The molecule has 1 fully saturated rings. The Bertz CT molecular complexity index is 295. The van der Waals surface area contributed by atoms with Crippen LogP contribution in [-0.2, 0) is 4.74 Å². The summed E-state index contributed by atoms with van der Waals surface area (Å²) in [5.41, 5.74) is 0. The molecule has 1 N–H and O–H groups in total. The van der Waals surface area contributed by atoms with Gasteiger partial charge in [-0.3, -0.25) is 0 Å². The van der Waals surface area contributed by atoms with E-state index in [1.165, 1.54) is 6.42 Å². The van der Waals surface area contributed by atoms with Gasteiger partial charge in [0.05, 0.1) is 6.61 Å². The van der Waals surface area contributed by atoms with Crippen LogP contribution >= 0.6 is 11.8 Å². The van der Waals surface area contributed by atoms with Crippen molar-refractivity contribution in [1.82, 2.24) is 0 Å². The molecule has 76 valence electrons. The summed E-state index contributed by atoms with van der Waals surface area (Å²) in [6, 6.07) is 7.40. The van der Waals surface area contributed by atoms with Crippen molar-refractivity contribution >= 4 is 11.8 Å². The molecule has 0 bridgehead atoms. The smallest absolute Gasteiger partial charge is 0.116 e. The molecular weight excluding hydrogens is 196 g/mol. The molecule has 0 aliphatic carbocycles. The van der Waals surface area contributed by atoms with E-state index in [4.69, 9.17) is 4.74 Å². The molecule has 0 saturated carbocycles. The summed E-state index contributed by atoms with van der Waals surface area (Å²) in [6.07, 6.45) is 2.36. The van der Waals surface area contributed by atoms with Crippen molar-refractivity contribution in [2.24, 2.45) is 0 Å². The molecule has 0 aromatic heterocycles. The highest BCUT2D eigenvalue weighted by Crippen LogP contribution is 2.30. The van der Waals surface area contributed by atoms with Gasteiger partial charge in [-0.2, -0.15) is 0 Å². The molecular formula is C11H14O2S. The van der Waals surface area contributed by atoms with Gasteiger partial charge in [-0.15, -0.1) is 11.8 Å². The Morgan fingerprint density at radius 3 is 3.07 bits per heavy atom. The van der Waals surface area contributed by atoms with E-state index in [1.54, 1.807) is 23.9 Å². The second-order valence-electron chi connectivity index (χ2n) is 3.45. The summed E-state index contributed by atoms with van der Waals surface area (Å²) in [5, 5.41) is 9.84. The van der Waals surface area contributed by atoms with Gasteiger partial charge in [0.15, 0.2) is 0 Å². The molecule has 1 aromatic carbocycles. The van der Waals surface area contributed by atoms with Gasteiger partial charge in [-0.05, 0) is 31.0 Å². The third kappa shape index (κ3) is 2.66. The summed E-state index contributed by atoms with van der Waals surface area (Å²) in [5.74, 6) is 0.340. The minimum Gasteiger partial charge on any atom is -0.508 e. The number of hydrogen-bond donors (Lipinski definition) is 1. The second-order valence-corrected chi connectivity index (χ2v) is 4.83. The molecule has 1 heterocycles. The van der Waals surface area contributed by atoms with Gasteiger partial charge < -0.3 is 9.84 Å². The fourth-order valence-corrected chi connectivity index (χ4v) is 2.73. The summed E-state index contributed by atoms with van der Waals surface area (Å²) in [6.45, 7) is 1.73. The Morgan fingerprint density at radius 1 is 1.43 bits per heavy atom. The van der Waals surface area contributed by atoms with Gasteiger partial charge in [0, 0.05) is 16.8 Å². The van der Waals surface area contributed by atoms with Crippen LogP contribution in [0, 0.1) is 0 Å². The monoisotopic (exact) mass is 210 g/mol. The molecule has 1 aliphatic heterocycles. The summed E-state index contributed by atoms with van der Waals surface area (Å²) in [4.78, 5) is 1.13. The van der Waals surface area contributed by atoms with Gasteiger partial charge in [0.2, 0.25) is 0 Å². The SMILES string of the molecule is Oc1cccc(SC2CCCOC2)c1. The van der Waals surface area contributed by atoms with Crippen molar-refractivity contribution in [1.29, 1.82) is 0 Å². The standard InChI is InChI=1S/C11H14O2S/c12-9-3-1-4-10(7-9)14-11-5-2-6-13-8-11/h1,3-4,7,11-12H,2,5-6,8H2. The van der Waals surface area contributed by atoms with Crippen molar-refractivity contribution in [2.75, 3.05) is 13.2 Å². The lowest BCUT2D eigenvalue weighted by Gasteiger charge is -2.21. The lowest BCUT2D eigenvalue weighted by atomic mass is 10.2. The first-order chi connectivity index (χ1) is 6.84.